The summed E-state index contributed by atoms with van der Waals surface area (Å²) in [5.74, 6) is 0.422. The monoisotopic (exact) mass is 364 g/mol. The third-order valence-corrected chi connectivity index (χ3v) is 5.20. The summed E-state index contributed by atoms with van der Waals surface area (Å²) < 4.78 is 1.86. The second-order valence-electron chi connectivity index (χ2n) is 6.87. The van der Waals surface area contributed by atoms with Crippen LogP contribution in [0.25, 0.3) is 16.7 Å². The van der Waals surface area contributed by atoms with Crippen molar-refractivity contribution in [2.24, 2.45) is 0 Å². The van der Waals surface area contributed by atoms with E-state index in [0.717, 1.165) is 47.4 Å². The molecule has 3 aromatic heterocycles. The fourth-order valence-electron chi connectivity index (χ4n) is 3.84. The van der Waals surface area contributed by atoms with E-state index >= 15 is 0 Å². The molecule has 3 aromatic rings. The average molecular weight is 364 g/mol. The Kier molecular flexibility index (Phi) is 3.75. The van der Waals surface area contributed by atoms with E-state index in [-0.39, 0.29) is 5.60 Å². The Labute approximate surface area is 155 Å². The van der Waals surface area contributed by atoms with E-state index in [1.54, 1.807) is 12.4 Å². The molecular formula is C18H20N8O. The maximum absolute atomic E-state index is 5.95. The largest absolute Gasteiger partial charge is 0.321 e. The second kappa shape index (κ2) is 6.27. The van der Waals surface area contributed by atoms with Crippen molar-refractivity contribution in [3.8, 4) is 0 Å². The molecule has 0 radical (unpaired) electrons. The van der Waals surface area contributed by atoms with Crippen LogP contribution in [0.15, 0.2) is 30.9 Å². The SMILES string of the molecule is CCn1ncc2c(Nc3nccnn3)c(C3=CC4(CCCC4)ON3)cnc21. The third-order valence-electron chi connectivity index (χ3n) is 5.20. The van der Waals surface area contributed by atoms with Crippen molar-refractivity contribution in [1.29, 1.82) is 0 Å². The van der Waals surface area contributed by atoms with E-state index in [9.17, 15) is 0 Å². The number of fused-ring (bicyclic) bond motifs is 1. The van der Waals surface area contributed by atoms with Crippen LogP contribution in [-0.2, 0) is 11.4 Å². The number of rotatable bonds is 4. The van der Waals surface area contributed by atoms with Crippen LogP contribution in [0.2, 0.25) is 0 Å². The topological polar surface area (TPSA) is 103 Å². The lowest BCUT2D eigenvalue weighted by Gasteiger charge is -2.17. The van der Waals surface area contributed by atoms with Gasteiger partial charge in [-0.05, 0) is 25.8 Å². The number of anilines is 2. The molecule has 138 valence electrons. The number of hydrogen-bond acceptors (Lipinski definition) is 8. The lowest BCUT2D eigenvalue weighted by molar-refractivity contribution is -0.0289. The molecule has 27 heavy (non-hydrogen) atoms. The van der Waals surface area contributed by atoms with Crippen molar-refractivity contribution in [3.63, 3.8) is 0 Å². The summed E-state index contributed by atoms with van der Waals surface area (Å²) in [5, 5.41) is 16.6. The molecule has 9 heteroatoms. The van der Waals surface area contributed by atoms with Crippen LogP contribution in [0, 0.1) is 0 Å². The first-order valence-corrected chi connectivity index (χ1v) is 9.20. The van der Waals surface area contributed by atoms with Crippen LogP contribution in [0.3, 0.4) is 0 Å². The molecule has 1 fully saturated rings. The molecule has 9 nitrogen and oxygen atoms in total. The number of hydroxylamine groups is 1. The van der Waals surface area contributed by atoms with Gasteiger partial charge in [-0.25, -0.2) is 14.6 Å². The number of aromatic nitrogens is 6. The molecule has 1 aliphatic heterocycles. The highest BCUT2D eigenvalue weighted by Crippen LogP contribution is 2.41. The Hall–Kier alpha value is -3.07. The number of aryl methyl sites for hydroxylation is 1. The summed E-state index contributed by atoms with van der Waals surface area (Å²) in [6.45, 7) is 2.78. The maximum atomic E-state index is 5.95. The molecule has 2 aliphatic rings. The molecule has 0 unspecified atom stereocenters. The molecule has 0 saturated heterocycles. The molecule has 1 spiro atoms. The van der Waals surface area contributed by atoms with Gasteiger partial charge in [0.1, 0.15) is 5.60 Å². The van der Waals surface area contributed by atoms with Gasteiger partial charge in [-0.1, -0.05) is 12.8 Å². The molecule has 1 aliphatic carbocycles. The van der Waals surface area contributed by atoms with Crippen molar-refractivity contribution in [2.45, 2.75) is 44.8 Å². The molecule has 1 saturated carbocycles. The number of pyridine rings is 1. The van der Waals surface area contributed by atoms with Gasteiger partial charge in [0.05, 0.1) is 35.4 Å². The fourth-order valence-corrected chi connectivity index (χ4v) is 3.84. The van der Waals surface area contributed by atoms with Gasteiger partial charge in [0, 0.05) is 18.3 Å². The fraction of sp³-hybridized carbons (Fsp3) is 0.389. The smallest absolute Gasteiger partial charge is 0.247 e. The summed E-state index contributed by atoms with van der Waals surface area (Å²) >= 11 is 0. The molecule has 0 bridgehead atoms. The minimum atomic E-state index is -0.208. The summed E-state index contributed by atoms with van der Waals surface area (Å²) in [6, 6.07) is 0. The first-order valence-electron chi connectivity index (χ1n) is 9.20. The van der Waals surface area contributed by atoms with E-state index in [4.69, 9.17) is 4.84 Å². The van der Waals surface area contributed by atoms with Crippen molar-refractivity contribution in [3.05, 3.63) is 36.4 Å². The van der Waals surface area contributed by atoms with Crippen molar-refractivity contribution >= 4 is 28.4 Å². The zero-order valence-corrected chi connectivity index (χ0v) is 15.0. The number of hydrogen-bond donors (Lipinski definition) is 2. The maximum Gasteiger partial charge on any atom is 0.247 e. The van der Waals surface area contributed by atoms with E-state index < -0.39 is 0 Å². The summed E-state index contributed by atoms with van der Waals surface area (Å²) in [5.41, 5.74) is 6.35. The van der Waals surface area contributed by atoms with Crippen molar-refractivity contribution < 1.29 is 4.84 Å². The van der Waals surface area contributed by atoms with Crippen LogP contribution >= 0.6 is 0 Å². The van der Waals surface area contributed by atoms with Gasteiger partial charge in [-0.3, -0.25) is 10.3 Å². The predicted molar refractivity (Wildman–Crippen MR) is 99.7 cm³/mol. The van der Waals surface area contributed by atoms with E-state index in [1.807, 2.05) is 24.0 Å². The first-order chi connectivity index (χ1) is 13.3. The van der Waals surface area contributed by atoms with Crippen LogP contribution in [0.4, 0.5) is 11.6 Å². The quantitative estimate of drug-likeness (QED) is 0.728. The highest BCUT2D eigenvalue weighted by molar-refractivity contribution is 5.97. The van der Waals surface area contributed by atoms with Crippen LogP contribution in [0.5, 0.6) is 0 Å². The standard InChI is InChI=1S/C18H20N8O/c1-2-26-16-13(11-22-26)15(23-17-19-7-8-21-24-17)12(10-20-16)14-9-18(27-25-14)5-3-4-6-18/h7-11,25H,2-6H2,1H3,(H,19,20,23,24). The molecule has 2 N–H and O–H groups in total. The Morgan fingerprint density at radius 1 is 1.22 bits per heavy atom. The molecule has 0 amide bonds. The van der Waals surface area contributed by atoms with Crippen molar-refractivity contribution in [2.75, 3.05) is 5.32 Å². The highest BCUT2D eigenvalue weighted by atomic mass is 16.7. The zero-order valence-electron chi connectivity index (χ0n) is 15.0. The lowest BCUT2D eigenvalue weighted by Crippen LogP contribution is -2.25. The van der Waals surface area contributed by atoms with Gasteiger partial charge in [0.25, 0.3) is 0 Å². The van der Waals surface area contributed by atoms with Gasteiger partial charge < -0.3 is 5.32 Å². The summed E-state index contributed by atoms with van der Waals surface area (Å²) in [4.78, 5) is 14.8. The Balaban J connectivity index is 1.64. The van der Waals surface area contributed by atoms with Gasteiger partial charge >= 0.3 is 0 Å². The summed E-state index contributed by atoms with van der Waals surface area (Å²) in [6.07, 6.45) is 13.4. The average Bonchev–Trinajstić information content (AvgIpc) is 3.44. The minimum absolute atomic E-state index is 0.208. The third kappa shape index (κ3) is 2.71. The Morgan fingerprint density at radius 2 is 2.11 bits per heavy atom. The summed E-state index contributed by atoms with van der Waals surface area (Å²) in [7, 11) is 0. The molecule has 0 atom stereocenters. The molecular weight excluding hydrogens is 344 g/mol. The highest BCUT2D eigenvalue weighted by Gasteiger charge is 2.38. The Morgan fingerprint density at radius 3 is 2.89 bits per heavy atom. The molecule has 5 rings (SSSR count). The first kappa shape index (κ1) is 16.1. The van der Waals surface area contributed by atoms with Crippen LogP contribution in [0.1, 0.15) is 38.2 Å². The normalized spacial score (nSPS) is 18.0. The lowest BCUT2D eigenvalue weighted by atomic mass is 9.99. The zero-order chi connectivity index (χ0) is 18.3. The van der Waals surface area contributed by atoms with Gasteiger partial charge in [-0.2, -0.15) is 10.2 Å². The predicted octanol–water partition coefficient (Wildman–Crippen LogP) is 2.57. The molecule has 0 aromatic carbocycles. The Bertz CT molecular complexity index is 1010. The van der Waals surface area contributed by atoms with E-state index in [2.05, 4.69) is 42.1 Å². The minimum Gasteiger partial charge on any atom is -0.321 e. The van der Waals surface area contributed by atoms with Crippen molar-refractivity contribution in [1.82, 2.24) is 35.4 Å². The second-order valence-corrected chi connectivity index (χ2v) is 6.87. The van der Waals surface area contributed by atoms with Crippen LogP contribution in [-0.4, -0.2) is 35.5 Å². The van der Waals surface area contributed by atoms with Gasteiger partial charge in [0.2, 0.25) is 5.95 Å². The van der Waals surface area contributed by atoms with E-state index in [1.165, 1.54) is 12.8 Å². The number of nitrogens with zero attached hydrogens (tertiary/aromatic N) is 6. The molecule has 4 heterocycles. The van der Waals surface area contributed by atoms with Crippen LogP contribution < -0.4 is 10.8 Å². The number of nitrogens with one attached hydrogen (secondary N) is 2. The van der Waals surface area contributed by atoms with Gasteiger partial charge in [-0.15, -0.1) is 5.10 Å². The van der Waals surface area contributed by atoms with E-state index in [0.29, 0.717) is 5.95 Å². The van der Waals surface area contributed by atoms with Gasteiger partial charge in [0.15, 0.2) is 5.65 Å².